The van der Waals surface area contributed by atoms with Crippen LogP contribution in [-0.4, -0.2) is 9.97 Å². The molecular formula is C15H10ClF2N3. The van der Waals surface area contributed by atoms with Gasteiger partial charge in [-0.2, -0.15) is 0 Å². The third kappa shape index (κ3) is 2.92. The summed E-state index contributed by atoms with van der Waals surface area (Å²) in [6.45, 7) is 0.300. The molecule has 0 amide bonds. The number of hydrogen-bond donors (Lipinski definition) is 1. The van der Waals surface area contributed by atoms with Gasteiger partial charge in [-0.1, -0.05) is 18.2 Å². The van der Waals surface area contributed by atoms with E-state index in [0.717, 1.165) is 17.5 Å². The maximum Gasteiger partial charge on any atom is 0.224 e. The highest BCUT2D eigenvalue weighted by Gasteiger charge is 2.07. The lowest BCUT2D eigenvalue weighted by Gasteiger charge is -2.09. The first kappa shape index (κ1) is 13.7. The number of aromatic nitrogens is 2. The number of rotatable bonds is 3. The van der Waals surface area contributed by atoms with Gasteiger partial charge in [-0.05, 0) is 41.4 Å². The highest BCUT2D eigenvalue weighted by atomic mass is 35.5. The minimum Gasteiger partial charge on any atom is -0.365 e. The lowest BCUT2D eigenvalue weighted by molar-refractivity contribution is 0.507. The Morgan fingerprint density at radius 1 is 1.00 bits per heavy atom. The van der Waals surface area contributed by atoms with Gasteiger partial charge < -0.3 is 5.32 Å². The van der Waals surface area contributed by atoms with E-state index in [9.17, 15) is 8.78 Å². The van der Waals surface area contributed by atoms with Crippen molar-refractivity contribution in [3.05, 3.63) is 64.9 Å². The van der Waals surface area contributed by atoms with Crippen molar-refractivity contribution in [2.45, 2.75) is 6.54 Å². The van der Waals surface area contributed by atoms with Crippen LogP contribution in [-0.2, 0) is 6.54 Å². The minimum atomic E-state index is -0.875. The van der Waals surface area contributed by atoms with Crippen molar-refractivity contribution in [1.82, 2.24) is 9.97 Å². The first-order valence-electron chi connectivity index (χ1n) is 6.23. The second kappa shape index (κ2) is 5.61. The van der Waals surface area contributed by atoms with E-state index >= 15 is 0 Å². The monoisotopic (exact) mass is 305 g/mol. The molecule has 3 aromatic rings. The van der Waals surface area contributed by atoms with Gasteiger partial charge in [0.25, 0.3) is 0 Å². The molecule has 0 aliphatic heterocycles. The second-order valence-corrected chi connectivity index (χ2v) is 4.80. The van der Waals surface area contributed by atoms with E-state index in [2.05, 4.69) is 15.3 Å². The van der Waals surface area contributed by atoms with E-state index < -0.39 is 11.6 Å². The second-order valence-electron chi connectivity index (χ2n) is 4.46. The molecule has 3 nitrogen and oxygen atoms in total. The van der Waals surface area contributed by atoms with Gasteiger partial charge >= 0.3 is 0 Å². The molecule has 6 heteroatoms. The largest absolute Gasteiger partial charge is 0.365 e. The van der Waals surface area contributed by atoms with Crippen molar-refractivity contribution in [3.63, 3.8) is 0 Å². The summed E-state index contributed by atoms with van der Waals surface area (Å²) in [5.74, 6) is -1.19. The highest BCUT2D eigenvalue weighted by molar-refractivity contribution is 6.28. The minimum absolute atomic E-state index is 0.126. The zero-order valence-electron chi connectivity index (χ0n) is 10.8. The van der Waals surface area contributed by atoms with Crippen LogP contribution in [0.3, 0.4) is 0 Å². The van der Waals surface area contributed by atoms with Gasteiger partial charge in [-0.15, -0.1) is 0 Å². The summed E-state index contributed by atoms with van der Waals surface area (Å²) in [5.41, 5.74) is 1.32. The van der Waals surface area contributed by atoms with Crippen LogP contribution < -0.4 is 5.32 Å². The molecule has 2 aromatic carbocycles. The Morgan fingerprint density at radius 2 is 1.81 bits per heavy atom. The summed E-state index contributed by atoms with van der Waals surface area (Å²) in [4.78, 5) is 8.25. The Balaban J connectivity index is 1.89. The lowest BCUT2D eigenvalue weighted by atomic mass is 10.2. The SMILES string of the molecule is Fc1ccc(CNc2nc(Cl)nc3ccccc23)cc1F. The van der Waals surface area contributed by atoms with Crippen LogP contribution >= 0.6 is 11.6 Å². The number of hydrogen-bond acceptors (Lipinski definition) is 3. The van der Waals surface area contributed by atoms with Gasteiger partial charge in [0.15, 0.2) is 11.6 Å². The predicted octanol–water partition coefficient (Wildman–Crippen LogP) is 4.17. The van der Waals surface area contributed by atoms with Crippen molar-refractivity contribution in [1.29, 1.82) is 0 Å². The number of para-hydroxylation sites is 1. The molecule has 0 spiro atoms. The number of nitrogens with one attached hydrogen (secondary N) is 1. The van der Waals surface area contributed by atoms with Crippen molar-refractivity contribution >= 4 is 28.3 Å². The molecule has 0 saturated carbocycles. The summed E-state index contributed by atoms with van der Waals surface area (Å²) >= 11 is 5.88. The Morgan fingerprint density at radius 3 is 2.62 bits per heavy atom. The number of anilines is 1. The Kier molecular flexibility index (Phi) is 3.66. The normalized spacial score (nSPS) is 10.8. The third-order valence-corrected chi connectivity index (χ3v) is 3.19. The van der Waals surface area contributed by atoms with Gasteiger partial charge in [-0.3, -0.25) is 0 Å². The number of halogens is 3. The van der Waals surface area contributed by atoms with Crippen LogP contribution in [0.1, 0.15) is 5.56 Å². The van der Waals surface area contributed by atoms with E-state index in [1.807, 2.05) is 24.3 Å². The Labute approximate surface area is 124 Å². The summed E-state index contributed by atoms with van der Waals surface area (Å²) in [5, 5.41) is 4.00. The van der Waals surface area contributed by atoms with Crippen molar-refractivity contribution < 1.29 is 8.78 Å². The van der Waals surface area contributed by atoms with Gasteiger partial charge in [-0.25, -0.2) is 18.7 Å². The van der Waals surface area contributed by atoms with Gasteiger partial charge in [0.2, 0.25) is 5.28 Å². The molecule has 0 atom stereocenters. The van der Waals surface area contributed by atoms with Crippen LogP contribution in [0, 0.1) is 11.6 Å². The average Bonchev–Trinajstić information content (AvgIpc) is 2.48. The molecule has 0 saturated heterocycles. The summed E-state index contributed by atoms with van der Waals surface area (Å²) in [6.07, 6.45) is 0. The van der Waals surface area contributed by atoms with Crippen LogP contribution in [0.5, 0.6) is 0 Å². The molecule has 1 N–H and O–H groups in total. The summed E-state index contributed by atoms with van der Waals surface area (Å²) < 4.78 is 26.1. The first-order chi connectivity index (χ1) is 10.1. The van der Waals surface area contributed by atoms with Gasteiger partial charge in [0, 0.05) is 11.9 Å². The topological polar surface area (TPSA) is 37.8 Å². The molecule has 3 rings (SSSR count). The van der Waals surface area contributed by atoms with Crippen LogP contribution in [0.4, 0.5) is 14.6 Å². The van der Waals surface area contributed by atoms with Crippen molar-refractivity contribution in [3.8, 4) is 0 Å². The number of benzene rings is 2. The van der Waals surface area contributed by atoms with Crippen molar-refractivity contribution in [2.75, 3.05) is 5.32 Å². The quantitative estimate of drug-likeness (QED) is 0.738. The Bertz CT molecular complexity index is 808. The summed E-state index contributed by atoms with van der Waals surface area (Å²) in [7, 11) is 0. The predicted molar refractivity (Wildman–Crippen MR) is 78.2 cm³/mol. The molecule has 1 aromatic heterocycles. The zero-order valence-corrected chi connectivity index (χ0v) is 11.5. The molecule has 0 fully saturated rings. The standard InChI is InChI=1S/C15H10ClF2N3/c16-15-20-13-4-2-1-3-10(13)14(21-15)19-8-9-5-6-11(17)12(18)7-9/h1-7H,8H2,(H,19,20,21). The number of fused-ring (bicyclic) bond motifs is 1. The Hall–Kier alpha value is -2.27. The van der Waals surface area contributed by atoms with E-state index in [-0.39, 0.29) is 5.28 Å². The zero-order chi connectivity index (χ0) is 14.8. The van der Waals surface area contributed by atoms with E-state index in [0.29, 0.717) is 23.4 Å². The summed E-state index contributed by atoms with van der Waals surface area (Å²) in [6, 6.07) is 11.2. The smallest absolute Gasteiger partial charge is 0.224 e. The third-order valence-electron chi connectivity index (χ3n) is 3.02. The fraction of sp³-hybridized carbons (Fsp3) is 0.0667. The van der Waals surface area contributed by atoms with Crippen LogP contribution in [0.15, 0.2) is 42.5 Å². The number of nitrogens with zero attached hydrogens (tertiary/aromatic N) is 2. The van der Waals surface area contributed by atoms with Crippen molar-refractivity contribution in [2.24, 2.45) is 0 Å². The van der Waals surface area contributed by atoms with E-state index in [4.69, 9.17) is 11.6 Å². The molecular weight excluding hydrogens is 296 g/mol. The first-order valence-corrected chi connectivity index (χ1v) is 6.61. The highest BCUT2D eigenvalue weighted by Crippen LogP contribution is 2.22. The fourth-order valence-electron chi connectivity index (χ4n) is 2.02. The van der Waals surface area contributed by atoms with Crippen LogP contribution in [0.25, 0.3) is 10.9 Å². The maximum absolute atomic E-state index is 13.2. The van der Waals surface area contributed by atoms with Gasteiger partial charge in [0.1, 0.15) is 5.82 Å². The average molecular weight is 306 g/mol. The van der Waals surface area contributed by atoms with E-state index in [1.54, 1.807) is 0 Å². The van der Waals surface area contributed by atoms with Crippen LogP contribution in [0.2, 0.25) is 5.28 Å². The molecule has 1 heterocycles. The molecule has 0 aliphatic carbocycles. The maximum atomic E-state index is 13.2. The molecule has 21 heavy (non-hydrogen) atoms. The molecule has 106 valence electrons. The fourth-order valence-corrected chi connectivity index (χ4v) is 2.19. The lowest BCUT2D eigenvalue weighted by Crippen LogP contribution is -2.04. The molecule has 0 radical (unpaired) electrons. The van der Waals surface area contributed by atoms with E-state index in [1.165, 1.54) is 6.07 Å². The molecule has 0 bridgehead atoms. The molecule has 0 aliphatic rings. The van der Waals surface area contributed by atoms with Gasteiger partial charge in [0.05, 0.1) is 5.52 Å². The molecule has 0 unspecified atom stereocenters.